The lowest BCUT2D eigenvalue weighted by molar-refractivity contribution is 0.413. The van der Waals surface area contributed by atoms with Crippen LogP contribution in [0.1, 0.15) is 17.2 Å². The minimum atomic E-state index is -0.298. The van der Waals surface area contributed by atoms with Crippen LogP contribution in [0, 0.1) is 5.82 Å². The number of halogens is 2. The third-order valence-corrected chi connectivity index (χ3v) is 3.97. The topological polar surface area (TPSA) is 47.3 Å². The number of ether oxygens (including phenoxy) is 1. The SMILES string of the molecule is COc1cccc(CC(NN)c2cccc(F)c2Br)c1. The lowest BCUT2D eigenvalue weighted by atomic mass is 9.99. The largest absolute Gasteiger partial charge is 0.497 e. The number of hydrogen-bond donors (Lipinski definition) is 2. The Balaban J connectivity index is 2.26. The molecule has 106 valence electrons. The Morgan fingerprint density at radius 2 is 2.05 bits per heavy atom. The molecule has 0 amide bonds. The van der Waals surface area contributed by atoms with Crippen molar-refractivity contribution in [3.05, 3.63) is 63.9 Å². The molecule has 20 heavy (non-hydrogen) atoms. The first-order chi connectivity index (χ1) is 9.65. The quantitative estimate of drug-likeness (QED) is 0.649. The summed E-state index contributed by atoms with van der Waals surface area (Å²) in [5, 5.41) is 0. The van der Waals surface area contributed by atoms with E-state index >= 15 is 0 Å². The van der Waals surface area contributed by atoms with Gasteiger partial charge in [-0.15, -0.1) is 0 Å². The molecular weight excluding hydrogens is 323 g/mol. The maximum absolute atomic E-state index is 13.6. The van der Waals surface area contributed by atoms with Crippen LogP contribution in [0.3, 0.4) is 0 Å². The molecule has 0 bridgehead atoms. The summed E-state index contributed by atoms with van der Waals surface area (Å²) in [6, 6.07) is 12.5. The Morgan fingerprint density at radius 1 is 1.30 bits per heavy atom. The standard InChI is InChI=1S/C15H16BrFN2O/c1-20-11-5-2-4-10(8-11)9-14(19-18)12-6-3-7-13(17)15(12)16/h2-8,14,19H,9,18H2,1H3. The molecule has 0 aliphatic heterocycles. The Labute approximate surface area is 126 Å². The molecule has 2 aromatic rings. The zero-order valence-electron chi connectivity index (χ0n) is 11.1. The van der Waals surface area contributed by atoms with Gasteiger partial charge >= 0.3 is 0 Å². The van der Waals surface area contributed by atoms with Crippen molar-refractivity contribution in [1.29, 1.82) is 0 Å². The molecule has 5 heteroatoms. The van der Waals surface area contributed by atoms with E-state index in [-0.39, 0.29) is 11.9 Å². The highest BCUT2D eigenvalue weighted by atomic mass is 79.9. The van der Waals surface area contributed by atoms with Crippen molar-refractivity contribution in [3.8, 4) is 5.75 Å². The molecule has 2 aromatic carbocycles. The van der Waals surface area contributed by atoms with Gasteiger partial charge in [-0.05, 0) is 51.7 Å². The lowest BCUT2D eigenvalue weighted by Crippen LogP contribution is -2.30. The summed E-state index contributed by atoms with van der Waals surface area (Å²) in [5.74, 6) is 6.11. The second kappa shape index (κ2) is 6.83. The highest BCUT2D eigenvalue weighted by Gasteiger charge is 2.16. The molecule has 3 N–H and O–H groups in total. The molecular formula is C15H16BrFN2O. The van der Waals surface area contributed by atoms with E-state index in [1.54, 1.807) is 13.2 Å². The fourth-order valence-electron chi connectivity index (χ4n) is 2.08. The summed E-state index contributed by atoms with van der Waals surface area (Å²) in [6.45, 7) is 0. The van der Waals surface area contributed by atoms with Crippen LogP contribution in [0.25, 0.3) is 0 Å². The van der Waals surface area contributed by atoms with Gasteiger partial charge in [-0.25, -0.2) is 4.39 Å². The Bertz CT molecular complexity index is 592. The van der Waals surface area contributed by atoms with Crippen LogP contribution in [0.5, 0.6) is 5.75 Å². The first kappa shape index (κ1) is 15.0. The molecule has 0 aliphatic carbocycles. The van der Waals surface area contributed by atoms with Crippen LogP contribution in [0.2, 0.25) is 0 Å². The molecule has 1 atom stereocenters. The number of rotatable bonds is 5. The van der Waals surface area contributed by atoms with Crippen LogP contribution in [0.15, 0.2) is 46.9 Å². The van der Waals surface area contributed by atoms with E-state index in [2.05, 4.69) is 21.4 Å². The molecule has 3 nitrogen and oxygen atoms in total. The number of benzene rings is 2. The van der Waals surface area contributed by atoms with Gasteiger partial charge in [0.2, 0.25) is 0 Å². The average molecular weight is 339 g/mol. The van der Waals surface area contributed by atoms with Crippen molar-refractivity contribution in [2.24, 2.45) is 5.84 Å². The summed E-state index contributed by atoms with van der Waals surface area (Å²) < 4.78 is 19.2. The van der Waals surface area contributed by atoms with Gasteiger partial charge in [0.1, 0.15) is 11.6 Å². The van der Waals surface area contributed by atoms with E-state index in [9.17, 15) is 4.39 Å². The first-order valence-corrected chi connectivity index (χ1v) is 6.98. The highest BCUT2D eigenvalue weighted by molar-refractivity contribution is 9.10. The van der Waals surface area contributed by atoms with Crippen LogP contribution in [-0.2, 0) is 6.42 Å². The molecule has 0 spiro atoms. The van der Waals surface area contributed by atoms with E-state index in [4.69, 9.17) is 10.6 Å². The van der Waals surface area contributed by atoms with Crippen molar-refractivity contribution >= 4 is 15.9 Å². The number of nitrogens with two attached hydrogens (primary N) is 1. The molecule has 0 heterocycles. The number of hydrazine groups is 1. The molecule has 0 radical (unpaired) electrons. The predicted octanol–water partition coefficient (Wildman–Crippen LogP) is 3.34. The van der Waals surface area contributed by atoms with Crippen molar-refractivity contribution in [2.75, 3.05) is 7.11 Å². The van der Waals surface area contributed by atoms with Crippen LogP contribution in [-0.4, -0.2) is 7.11 Å². The van der Waals surface area contributed by atoms with E-state index < -0.39 is 0 Å². The summed E-state index contributed by atoms with van der Waals surface area (Å²) >= 11 is 3.27. The summed E-state index contributed by atoms with van der Waals surface area (Å²) in [5.41, 5.74) is 4.58. The monoisotopic (exact) mass is 338 g/mol. The average Bonchev–Trinajstić information content (AvgIpc) is 2.48. The van der Waals surface area contributed by atoms with E-state index in [1.165, 1.54) is 6.07 Å². The highest BCUT2D eigenvalue weighted by Crippen LogP contribution is 2.28. The van der Waals surface area contributed by atoms with Gasteiger partial charge in [0.15, 0.2) is 0 Å². The number of nitrogens with one attached hydrogen (secondary N) is 1. The molecule has 0 aliphatic rings. The third-order valence-electron chi connectivity index (χ3n) is 3.13. The summed E-state index contributed by atoms with van der Waals surface area (Å²) in [6.07, 6.45) is 0.635. The first-order valence-electron chi connectivity index (χ1n) is 6.18. The minimum Gasteiger partial charge on any atom is -0.497 e. The third kappa shape index (κ3) is 3.36. The van der Waals surface area contributed by atoms with Crippen LogP contribution in [0.4, 0.5) is 4.39 Å². The molecule has 2 rings (SSSR count). The Morgan fingerprint density at radius 3 is 2.75 bits per heavy atom. The van der Waals surface area contributed by atoms with Gasteiger partial charge < -0.3 is 4.74 Å². The second-order valence-electron chi connectivity index (χ2n) is 4.42. The fraction of sp³-hybridized carbons (Fsp3) is 0.200. The Kier molecular flexibility index (Phi) is 5.11. The number of hydrogen-bond acceptors (Lipinski definition) is 3. The van der Waals surface area contributed by atoms with Gasteiger partial charge in [0.05, 0.1) is 17.6 Å². The second-order valence-corrected chi connectivity index (χ2v) is 5.21. The Hall–Kier alpha value is -1.43. The van der Waals surface area contributed by atoms with Gasteiger partial charge in [-0.3, -0.25) is 11.3 Å². The summed E-state index contributed by atoms with van der Waals surface area (Å²) in [4.78, 5) is 0. The minimum absolute atomic E-state index is 0.188. The van der Waals surface area contributed by atoms with Crippen molar-refractivity contribution in [1.82, 2.24) is 5.43 Å². The van der Waals surface area contributed by atoms with E-state index in [1.807, 2.05) is 30.3 Å². The number of methoxy groups -OCH3 is 1. The zero-order chi connectivity index (χ0) is 14.5. The lowest BCUT2D eigenvalue weighted by Gasteiger charge is -2.18. The van der Waals surface area contributed by atoms with Gasteiger partial charge in [0.25, 0.3) is 0 Å². The maximum Gasteiger partial charge on any atom is 0.137 e. The summed E-state index contributed by atoms with van der Waals surface area (Å²) in [7, 11) is 1.63. The van der Waals surface area contributed by atoms with E-state index in [0.29, 0.717) is 10.9 Å². The van der Waals surface area contributed by atoms with Crippen molar-refractivity contribution in [2.45, 2.75) is 12.5 Å². The normalized spacial score (nSPS) is 12.2. The van der Waals surface area contributed by atoms with Crippen molar-refractivity contribution < 1.29 is 9.13 Å². The predicted molar refractivity (Wildman–Crippen MR) is 80.9 cm³/mol. The molecule has 0 aromatic heterocycles. The van der Waals surface area contributed by atoms with Gasteiger partial charge in [-0.1, -0.05) is 24.3 Å². The van der Waals surface area contributed by atoms with Crippen LogP contribution < -0.4 is 16.0 Å². The zero-order valence-corrected chi connectivity index (χ0v) is 12.7. The molecule has 0 saturated heterocycles. The van der Waals surface area contributed by atoms with E-state index in [0.717, 1.165) is 16.9 Å². The van der Waals surface area contributed by atoms with Gasteiger partial charge in [0, 0.05) is 0 Å². The van der Waals surface area contributed by atoms with Crippen LogP contribution >= 0.6 is 15.9 Å². The fourth-order valence-corrected chi connectivity index (χ4v) is 2.62. The maximum atomic E-state index is 13.6. The molecule has 0 saturated carbocycles. The molecule has 1 unspecified atom stereocenters. The van der Waals surface area contributed by atoms with Crippen molar-refractivity contribution in [3.63, 3.8) is 0 Å². The smallest absolute Gasteiger partial charge is 0.137 e. The molecule has 0 fully saturated rings. The van der Waals surface area contributed by atoms with Gasteiger partial charge in [-0.2, -0.15) is 0 Å².